The first-order valence-electron chi connectivity index (χ1n) is 4.88. The van der Waals surface area contributed by atoms with Crippen molar-refractivity contribution in [3.05, 3.63) is 0 Å². The number of halogens is 1. The molecule has 0 aliphatic heterocycles. The van der Waals surface area contributed by atoms with Gasteiger partial charge < -0.3 is 9.64 Å². The predicted molar refractivity (Wildman–Crippen MR) is 61.9 cm³/mol. The van der Waals surface area contributed by atoms with E-state index in [9.17, 15) is 9.59 Å². The fourth-order valence-corrected chi connectivity index (χ4v) is 1.37. The van der Waals surface area contributed by atoms with Crippen molar-refractivity contribution >= 4 is 27.8 Å². The van der Waals surface area contributed by atoms with Gasteiger partial charge in [0, 0.05) is 6.54 Å². The van der Waals surface area contributed by atoms with E-state index in [2.05, 4.69) is 20.7 Å². The second-order valence-electron chi connectivity index (χ2n) is 3.78. The van der Waals surface area contributed by atoms with E-state index in [4.69, 9.17) is 0 Å². The highest BCUT2D eigenvalue weighted by molar-refractivity contribution is 9.10. The lowest BCUT2D eigenvalue weighted by atomic mass is 10.2. The summed E-state index contributed by atoms with van der Waals surface area (Å²) in [6.07, 6.45) is 0.811. The molecule has 0 bridgehead atoms. The van der Waals surface area contributed by atoms with Gasteiger partial charge in [0.1, 0.15) is 6.54 Å². The van der Waals surface area contributed by atoms with Crippen LogP contribution in [0.4, 0.5) is 0 Å². The Labute approximate surface area is 99.1 Å². The Hall–Kier alpha value is -0.580. The van der Waals surface area contributed by atoms with Crippen molar-refractivity contribution in [1.82, 2.24) is 4.90 Å². The van der Waals surface area contributed by atoms with E-state index in [1.807, 2.05) is 6.92 Å². The summed E-state index contributed by atoms with van der Waals surface area (Å²) in [5.74, 6) is -0.497. The third kappa shape index (κ3) is 5.16. The second kappa shape index (κ2) is 6.10. The van der Waals surface area contributed by atoms with Crippen LogP contribution in [0.2, 0.25) is 0 Å². The van der Waals surface area contributed by atoms with Gasteiger partial charge in [-0.15, -0.1) is 0 Å². The van der Waals surface area contributed by atoms with Gasteiger partial charge in [-0.3, -0.25) is 9.59 Å². The zero-order chi connectivity index (χ0) is 12.1. The van der Waals surface area contributed by atoms with Gasteiger partial charge in [0.25, 0.3) is 0 Å². The summed E-state index contributed by atoms with van der Waals surface area (Å²) in [6, 6.07) is 0. The Kier molecular flexibility index (Phi) is 5.87. The number of carbonyl (C=O) groups excluding carboxylic acids is 2. The fraction of sp³-hybridized carbons (Fsp3) is 0.800. The van der Waals surface area contributed by atoms with Gasteiger partial charge in [0.15, 0.2) is 0 Å². The lowest BCUT2D eigenvalue weighted by molar-refractivity contribution is -0.147. The number of carbonyl (C=O) groups is 2. The molecule has 15 heavy (non-hydrogen) atoms. The Bertz CT molecular complexity index is 235. The Morgan fingerprint density at radius 1 is 1.40 bits per heavy atom. The van der Waals surface area contributed by atoms with Crippen LogP contribution < -0.4 is 0 Å². The van der Waals surface area contributed by atoms with Crippen molar-refractivity contribution in [3.8, 4) is 0 Å². The van der Waals surface area contributed by atoms with Crippen LogP contribution in [-0.2, 0) is 14.3 Å². The monoisotopic (exact) mass is 279 g/mol. The summed E-state index contributed by atoms with van der Waals surface area (Å²) < 4.78 is 3.90. The number of esters is 1. The summed E-state index contributed by atoms with van der Waals surface area (Å²) in [5, 5.41) is 0. The zero-order valence-electron chi connectivity index (χ0n) is 9.67. The fourth-order valence-electron chi connectivity index (χ4n) is 1.12. The molecule has 0 radical (unpaired) electrons. The maximum Gasteiger partial charge on any atom is 0.325 e. The molecule has 0 atom stereocenters. The van der Waals surface area contributed by atoms with Crippen molar-refractivity contribution in [2.75, 3.05) is 20.2 Å². The van der Waals surface area contributed by atoms with Gasteiger partial charge in [-0.1, -0.05) is 22.9 Å². The average molecular weight is 280 g/mol. The zero-order valence-corrected chi connectivity index (χ0v) is 11.3. The molecule has 0 aromatic carbocycles. The smallest absolute Gasteiger partial charge is 0.325 e. The highest BCUT2D eigenvalue weighted by Gasteiger charge is 2.29. The van der Waals surface area contributed by atoms with E-state index < -0.39 is 10.3 Å². The standard InChI is InChI=1S/C10H18BrNO3/c1-5-6-12(7-8(13)15-4)9(14)10(2,3)11/h5-7H2,1-4H3. The summed E-state index contributed by atoms with van der Waals surface area (Å²) >= 11 is 3.28. The number of rotatable bonds is 5. The average Bonchev–Trinajstić information content (AvgIpc) is 2.14. The number of methoxy groups -OCH3 is 1. The van der Waals surface area contributed by atoms with Gasteiger partial charge in [0.2, 0.25) is 5.91 Å². The first-order valence-corrected chi connectivity index (χ1v) is 5.67. The minimum Gasteiger partial charge on any atom is -0.468 e. The molecule has 0 aromatic rings. The molecule has 5 heteroatoms. The van der Waals surface area contributed by atoms with Crippen LogP contribution >= 0.6 is 15.9 Å². The molecule has 0 aliphatic rings. The van der Waals surface area contributed by atoms with Crippen LogP contribution in [0.15, 0.2) is 0 Å². The van der Waals surface area contributed by atoms with Gasteiger partial charge in [-0.2, -0.15) is 0 Å². The molecule has 0 saturated carbocycles. The molecule has 88 valence electrons. The SMILES string of the molecule is CCCN(CC(=O)OC)C(=O)C(C)(C)Br. The quantitative estimate of drug-likeness (QED) is 0.567. The minimum absolute atomic E-state index is 0.0121. The van der Waals surface area contributed by atoms with E-state index in [1.165, 1.54) is 12.0 Å². The van der Waals surface area contributed by atoms with Crippen LogP contribution in [-0.4, -0.2) is 41.3 Å². The summed E-state index contributed by atoms with van der Waals surface area (Å²) in [5.41, 5.74) is 0. The van der Waals surface area contributed by atoms with Gasteiger partial charge in [0.05, 0.1) is 11.4 Å². The van der Waals surface area contributed by atoms with E-state index in [0.29, 0.717) is 6.54 Å². The van der Waals surface area contributed by atoms with E-state index >= 15 is 0 Å². The molecule has 0 saturated heterocycles. The molecule has 0 unspecified atom stereocenters. The molecule has 0 aliphatic carbocycles. The van der Waals surface area contributed by atoms with Crippen LogP contribution in [0.25, 0.3) is 0 Å². The molecule has 0 rings (SSSR count). The molecular formula is C10H18BrNO3. The molecule has 0 fully saturated rings. The first kappa shape index (κ1) is 14.4. The van der Waals surface area contributed by atoms with Gasteiger partial charge in [-0.05, 0) is 20.3 Å². The lowest BCUT2D eigenvalue weighted by Crippen LogP contribution is -2.44. The first-order chi connectivity index (χ1) is 6.82. The third-order valence-corrected chi connectivity index (χ3v) is 2.18. The number of nitrogens with zero attached hydrogens (tertiary/aromatic N) is 1. The van der Waals surface area contributed by atoms with Crippen molar-refractivity contribution in [2.45, 2.75) is 31.5 Å². The highest BCUT2D eigenvalue weighted by Crippen LogP contribution is 2.19. The predicted octanol–water partition coefficient (Wildman–Crippen LogP) is 1.57. The summed E-state index contributed by atoms with van der Waals surface area (Å²) in [7, 11) is 1.32. The lowest BCUT2D eigenvalue weighted by Gasteiger charge is -2.27. The number of alkyl halides is 1. The molecule has 0 aromatic heterocycles. The number of ether oxygens (including phenoxy) is 1. The van der Waals surface area contributed by atoms with Crippen molar-refractivity contribution in [3.63, 3.8) is 0 Å². The van der Waals surface area contributed by atoms with E-state index in [0.717, 1.165) is 6.42 Å². The Morgan fingerprint density at radius 3 is 2.27 bits per heavy atom. The van der Waals surface area contributed by atoms with E-state index in [1.54, 1.807) is 13.8 Å². The van der Waals surface area contributed by atoms with E-state index in [-0.39, 0.29) is 12.5 Å². The number of amides is 1. The molecule has 4 nitrogen and oxygen atoms in total. The van der Waals surface area contributed by atoms with Crippen molar-refractivity contribution < 1.29 is 14.3 Å². The van der Waals surface area contributed by atoms with Crippen LogP contribution in [0, 0.1) is 0 Å². The molecule has 0 spiro atoms. The third-order valence-electron chi connectivity index (χ3n) is 1.84. The summed E-state index contributed by atoms with van der Waals surface area (Å²) in [6.45, 7) is 6.05. The van der Waals surface area contributed by atoms with Crippen molar-refractivity contribution in [1.29, 1.82) is 0 Å². The normalized spacial score (nSPS) is 11.0. The van der Waals surface area contributed by atoms with Crippen molar-refractivity contribution in [2.24, 2.45) is 0 Å². The largest absolute Gasteiger partial charge is 0.468 e. The Morgan fingerprint density at radius 2 is 1.93 bits per heavy atom. The van der Waals surface area contributed by atoms with Crippen LogP contribution in [0.5, 0.6) is 0 Å². The number of hydrogen-bond donors (Lipinski definition) is 0. The van der Waals surface area contributed by atoms with Gasteiger partial charge in [-0.25, -0.2) is 0 Å². The van der Waals surface area contributed by atoms with Gasteiger partial charge >= 0.3 is 5.97 Å². The summed E-state index contributed by atoms with van der Waals surface area (Å²) in [4.78, 5) is 24.5. The topological polar surface area (TPSA) is 46.6 Å². The molecule has 1 amide bonds. The molecule has 0 heterocycles. The molecular weight excluding hydrogens is 262 g/mol. The maximum absolute atomic E-state index is 11.9. The Balaban J connectivity index is 4.52. The second-order valence-corrected chi connectivity index (χ2v) is 5.76. The number of hydrogen-bond acceptors (Lipinski definition) is 3. The highest BCUT2D eigenvalue weighted by atomic mass is 79.9. The maximum atomic E-state index is 11.9. The minimum atomic E-state index is -0.643. The van der Waals surface area contributed by atoms with Crippen LogP contribution in [0.1, 0.15) is 27.2 Å². The van der Waals surface area contributed by atoms with Crippen LogP contribution in [0.3, 0.4) is 0 Å². The molecule has 0 N–H and O–H groups in total.